The van der Waals surface area contributed by atoms with Crippen molar-refractivity contribution in [3.63, 3.8) is 0 Å². The summed E-state index contributed by atoms with van der Waals surface area (Å²) >= 11 is 1.44. The number of aromatic nitrogens is 2. The van der Waals surface area contributed by atoms with Crippen LogP contribution in [0.25, 0.3) is 11.5 Å². The Bertz CT molecular complexity index is 1130. The second-order valence-electron chi connectivity index (χ2n) is 6.38. The highest BCUT2D eigenvalue weighted by atomic mass is 32.2. The summed E-state index contributed by atoms with van der Waals surface area (Å²) in [5.41, 5.74) is 3.18. The molecule has 1 aromatic heterocycles. The molecule has 4 aromatic rings. The number of anilines is 1. The van der Waals surface area contributed by atoms with Gasteiger partial charge in [-0.25, -0.2) is 0 Å². The van der Waals surface area contributed by atoms with Gasteiger partial charge in [0, 0.05) is 17.0 Å². The number of thioether (sulfide) groups is 1. The van der Waals surface area contributed by atoms with E-state index in [4.69, 9.17) is 9.15 Å². The second kappa shape index (κ2) is 9.28. The Hall–Kier alpha value is -3.58. The van der Waals surface area contributed by atoms with Gasteiger partial charge in [-0.15, -0.1) is 10.2 Å². The summed E-state index contributed by atoms with van der Waals surface area (Å²) in [6.45, 7) is 0. The van der Waals surface area contributed by atoms with Crippen molar-refractivity contribution < 1.29 is 13.9 Å². The van der Waals surface area contributed by atoms with Crippen molar-refractivity contribution in [2.24, 2.45) is 0 Å². The maximum atomic E-state index is 12.3. The standard InChI is InChI=1S/C23H19N3O3S/c1-28-20-10-6-5-9-19(20)22-25-26-23(29-22)30-15-16-11-13-17(14-12-16)21(27)24-18-7-3-2-4-8-18/h2-14H,15H2,1H3,(H,24,27). The SMILES string of the molecule is COc1ccccc1-c1nnc(SCc2ccc(C(=O)Nc3ccccc3)cc2)o1. The fraction of sp³-hybridized carbons (Fsp3) is 0.0870. The Kier molecular flexibility index (Phi) is 6.10. The molecule has 0 saturated carbocycles. The predicted molar refractivity (Wildman–Crippen MR) is 117 cm³/mol. The molecule has 1 N–H and O–H groups in total. The number of para-hydroxylation sites is 2. The number of benzene rings is 3. The Morgan fingerprint density at radius 2 is 1.70 bits per heavy atom. The molecule has 0 radical (unpaired) electrons. The molecule has 0 aliphatic heterocycles. The maximum Gasteiger partial charge on any atom is 0.277 e. The molecule has 0 unspecified atom stereocenters. The normalized spacial score (nSPS) is 10.6. The zero-order valence-corrected chi connectivity index (χ0v) is 17.1. The first-order chi connectivity index (χ1) is 14.7. The zero-order valence-electron chi connectivity index (χ0n) is 16.2. The molecule has 6 nitrogen and oxygen atoms in total. The van der Waals surface area contributed by atoms with Gasteiger partial charge in [-0.05, 0) is 42.0 Å². The molecule has 150 valence electrons. The molecule has 7 heteroatoms. The third-order valence-electron chi connectivity index (χ3n) is 4.35. The van der Waals surface area contributed by atoms with Gasteiger partial charge in [0.05, 0.1) is 12.7 Å². The zero-order chi connectivity index (χ0) is 20.8. The molecule has 0 saturated heterocycles. The molecule has 0 spiro atoms. The number of carbonyl (C=O) groups excluding carboxylic acids is 1. The van der Waals surface area contributed by atoms with Crippen LogP contribution in [0.15, 0.2) is 88.5 Å². The second-order valence-corrected chi connectivity index (χ2v) is 7.31. The molecule has 3 aromatic carbocycles. The molecule has 0 atom stereocenters. The maximum absolute atomic E-state index is 12.3. The van der Waals surface area contributed by atoms with Crippen molar-refractivity contribution in [1.29, 1.82) is 0 Å². The first kappa shape index (κ1) is 19.7. The lowest BCUT2D eigenvalue weighted by atomic mass is 10.1. The van der Waals surface area contributed by atoms with Crippen molar-refractivity contribution in [3.05, 3.63) is 90.0 Å². The number of methoxy groups -OCH3 is 1. The van der Waals surface area contributed by atoms with Gasteiger partial charge >= 0.3 is 0 Å². The van der Waals surface area contributed by atoms with Crippen LogP contribution in [0.5, 0.6) is 5.75 Å². The van der Waals surface area contributed by atoms with Crippen LogP contribution in [-0.4, -0.2) is 23.2 Å². The van der Waals surface area contributed by atoms with Gasteiger partial charge in [0.1, 0.15) is 5.75 Å². The minimum Gasteiger partial charge on any atom is -0.496 e. The highest BCUT2D eigenvalue weighted by molar-refractivity contribution is 7.98. The number of carbonyl (C=O) groups is 1. The van der Waals surface area contributed by atoms with Crippen LogP contribution >= 0.6 is 11.8 Å². The predicted octanol–water partition coefficient (Wildman–Crippen LogP) is 5.29. The molecule has 4 rings (SSSR count). The Morgan fingerprint density at radius 3 is 2.47 bits per heavy atom. The van der Waals surface area contributed by atoms with Gasteiger partial charge < -0.3 is 14.5 Å². The van der Waals surface area contributed by atoms with Crippen LogP contribution in [-0.2, 0) is 5.75 Å². The third-order valence-corrected chi connectivity index (χ3v) is 5.24. The molecular weight excluding hydrogens is 398 g/mol. The van der Waals surface area contributed by atoms with Crippen molar-refractivity contribution in [2.75, 3.05) is 12.4 Å². The van der Waals surface area contributed by atoms with Crippen LogP contribution in [0.2, 0.25) is 0 Å². The van der Waals surface area contributed by atoms with E-state index in [0.717, 1.165) is 16.8 Å². The first-order valence-corrected chi connectivity index (χ1v) is 10.3. The van der Waals surface area contributed by atoms with Crippen LogP contribution < -0.4 is 10.1 Å². The summed E-state index contributed by atoms with van der Waals surface area (Å²) in [5.74, 6) is 1.61. The molecule has 0 aliphatic rings. The summed E-state index contributed by atoms with van der Waals surface area (Å²) in [5, 5.41) is 11.6. The number of ether oxygens (including phenoxy) is 1. The summed E-state index contributed by atoms with van der Waals surface area (Å²) in [6, 6.07) is 24.3. The lowest BCUT2D eigenvalue weighted by Gasteiger charge is -2.06. The summed E-state index contributed by atoms with van der Waals surface area (Å²) in [4.78, 5) is 12.3. The highest BCUT2D eigenvalue weighted by Crippen LogP contribution is 2.31. The minimum absolute atomic E-state index is 0.140. The van der Waals surface area contributed by atoms with Crippen LogP contribution in [0.4, 0.5) is 5.69 Å². The van der Waals surface area contributed by atoms with Crippen LogP contribution in [0.3, 0.4) is 0 Å². The molecular formula is C23H19N3O3S. The van der Waals surface area contributed by atoms with Crippen LogP contribution in [0.1, 0.15) is 15.9 Å². The molecule has 1 amide bonds. The third kappa shape index (κ3) is 4.69. The van der Waals surface area contributed by atoms with Gasteiger partial charge in [-0.1, -0.05) is 54.2 Å². The smallest absolute Gasteiger partial charge is 0.277 e. The fourth-order valence-corrected chi connectivity index (χ4v) is 3.54. The Labute approximate surface area is 178 Å². The van der Waals surface area contributed by atoms with Gasteiger partial charge in [-0.2, -0.15) is 0 Å². The number of nitrogens with one attached hydrogen (secondary N) is 1. The quantitative estimate of drug-likeness (QED) is 0.412. The van der Waals surface area contributed by atoms with E-state index in [-0.39, 0.29) is 5.91 Å². The van der Waals surface area contributed by atoms with Crippen molar-refractivity contribution in [1.82, 2.24) is 10.2 Å². The van der Waals surface area contributed by atoms with Gasteiger partial charge in [0.15, 0.2) is 0 Å². The number of nitrogens with zero attached hydrogens (tertiary/aromatic N) is 2. The lowest BCUT2D eigenvalue weighted by molar-refractivity contribution is 0.102. The lowest BCUT2D eigenvalue weighted by Crippen LogP contribution is -2.11. The highest BCUT2D eigenvalue weighted by Gasteiger charge is 2.13. The number of hydrogen-bond acceptors (Lipinski definition) is 6. The monoisotopic (exact) mass is 417 g/mol. The molecule has 1 heterocycles. The Balaban J connectivity index is 1.37. The van der Waals surface area contributed by atoms with E-state index in [1.807, 2.05) is 78.9 Å². The molecule has 0 aliphatic carbocycles. The summed E-state index contributed by atoms with van der Waals surface area (Å²) in [7, 11) is 1.61. The number of amides is 1. The molecule has 30 heavy (non-hydrogen) atoms. The molecule has 0 bridgehead atoms. The minimum atomic E-state index is -0.140. The van der Waals surface area contributed by atoms with E-state index in [1.165, 1.54) is 11.8 Å². The van der Waals surface area contributed by atoms with Crippen LogP contribution in [0, 0.1) is 0 Å². The first-order valence-electron chi connectivity index (χ1n) is 9.28. The topological polar surface area (TPSA) is 77.2 Å². The van der Waals surface area contributed by atoms with Gasteiger partial charge in [0.25, 0.3) is 17.0 Å². The number of hydrogen-bond donors (Lipinski definition) is 1. The Morgan fingerprint density at radius 1 is 0.967 bits per heavy atom. The summed E-state index contributed by atoms with van der Waals surface area (Å²) in [6.07, 6.45) is 0. The average molecular weight is 417 g/mol. The number of rotatable bonds is 7. The fourth-order valence-electron chi connectivity index (χ4n) is 2.82. The summed E-state index contributed by atoms with van der Waals surface area (Å²) < 4.78 is 11.1. The van der Waals surface area contributed by atoms with Crippen molar-refractivity contribution in [2.45, 2.75) is 11.0 Å². The van der Waals surface area contributed by atoms with E-state index in [2.05, 4.69) is 15.5 Å². The van der Waals surface area contributed by atoms with Gasteiger partial charge in [-0.3, -0.25) is 4.79 Å². The van der Waals surface area contributed by atoms with E-state index in [1.54, 1.807) is 7.11 Å². The average Bonchev–Trinajstić information content (AvgIpc) is 3.27. The van der Waals surface area contributed by atoms with Crippen molar-refractivity contribution in [3.8, 4) is 17.2 Å². The van der Waals surface area contributed by atoms with Crippen molar-refractivity contribution >= 4 is 23.4 Å². The van der Waals surface area contributed by atoms with E-state index < -0.39 is 0 Å². The molecule has 0 fully saturated rings. The van der Waals surface area contributed by atoms with E-state index in [9.17, 15) is 4.79 Å². The van der Waals surface area contributed by atoms with E-state index >= 15 is 0 Å². The largest absolute Gasteiger partial charge is 0.496 e. The van der Waals surface area contributed by atoms with E-state index in [0.29, 0.717) is 28.2 Å². The van der Waals surface area contributed by atoms with Gasteiger partial charge in [0.2, 0.25) is 0 Å².